The third kappa shape index (κ3) is 2.62. The fraction of sp³-hybridized carbons (Fsp3) is 0.0769. The monoisotopic (exact) mass is 261 g/mol. The van der Waals surface area contributed by atoms with E-state index in [1.165, 1.54) is 12.4 Å². The van der Waals surface area contributed by atoms with Gasteiger partial charge in [-0.3, -0.25) is 4.98 Å². The Hall–Kier alpha value is -2.01. The van der Waals surface area contributed by atoms with Gasteiger partial charge in [-0.25, -0.2) is 4.79 Å². The third-order valence-electron chi connectivity index (χ3n) is 2.30. The van der Waals surface area contributed by atoms with Crippen LogP contribution in [0.2, 0.25) is 0 Å². The summed E-state index contributed by atoms with van der Waals surface area (Å²) in [5.74, 6) is -0.127. The largest absolute Gasteiger partial charge is 0.477 e. The molecule has 0 spiro atoms. The second kappa shape index (κ2) is 5.55. The number of carbonyl (C=O) groups is 1. The van der Waals surface area contributed by atoms with Crippen LogP contribution in [-0.4, -0.2) is 22.3 Å². The van der Waals surface area contributed by atoms with Gasteiger partial charge < -0.3 is 9.84 Å². The van der Waals surface area contributed by atoms with Crippen molar-refractivity contribution in [3.05, 3.63) is 48.3 Å². The number of hydrogen-bond donors (Lipinski definition) is 1. The molecule has 0 radical (unpaired) electrons. The smallest absolute Gasteiger partial charge is 0.341 e. The Morgan fingerprint density at radius 2 is 2.06 bits per heavy atom. The van der Waals surface area contributed by atoms with E-state index in [2.05, 4.69) is 4.98 Å². The Morgan fingerprint density at radius 1 is 1.28 bits per heavy atom. The van der Waals surface area contributed by atoms with Crippen LogP contribution in [0.5, 0.6) is 11.5 Å². The molecule has 1 heterocycles. The number of ether oxygens (including phenoxy) is 1. The molecule has 0 aliphatic rings. The van der Waals surface area contributed by atoms with Gasteiger partial charge in [0.25, 0.3) is 0 Å². The Kier molecular flexibility index (Phi) is 3.84. The van der Waals surface area contributed by atoms with E-state index in [1.807, 2.05) is 24.5 Å². The molecule has 0 fully saturated rings. The van der Waals surface area contributed by atoms with Crippen LogP contribution in [-0.2, 0) is 0 Å². The lowest BCUT2D eigenvalue weighted by Gasteiger charge is -2.10. The van der Waals surface area contributed by atoms with Crippen molar-refractivity contribution in [3.63, 3.8) is 0 Å². The van der Waals surface area contributed by atoms with Gasteiger partial charge in [0.05, 0.1) is 0 Å². The molecule has 0 saturated heterocycles. The molecule has 0 amide bonds. The summed E-state index contributed by atoms with van der Waals surface area (Å²) in [5, 5.41) is 9.04. The van der Waals surface area contributed by atoms with E-state index in [0.717, 1.165) is 4.90 Å². The summed E-state index contributed by atoms with van der Waals surface area (Å²) in [5.41, 5.74) is 0.0495. The number of aromatic carboxylic acids is 1. The van der Waals surface area contributed by atoms with Crippen LogP contribution < -0.4 is 4.74 Å². The zero-order valence-corrected chi connectivity index (χ0v) is 10.5. The zero-order chi connectivity index (χ0) is 13.0. The molecule has 0 saturated carbocycles. The minimum absolute atomic E-state index is 0.0495. The maximum Gasteiger partial charge on any atom is 0.341 e. The Bertz CT molecular complexity index is 572. The number of pyridine rings is 1. The topological polar surface area (TPSA) is 59.4 Å². The van der Waals surface area contributed by atoms with Gasteiger partial charge in [0.15, 0.2) is 0 Å². The van der Waals surface area contributed by atoms with Crippen LogP contribution in [0.4, 0.5) is 0 Å². The summed E-state index contributed by atoms with van der Waals surface area (Å²) >= 11 is 1.54. The molecule has 18 heavy (non-hydrogen) atoms. The van der Waals surface area contributed by atoms with Gasteiger partial charge in [0.1, 0.15) is 17.1 Å². The summed E-state index contributed by atoms with van der Waals surface area (Å²) < 4.78 is 5.65. The molecule has 0 aliphatic carbocycles. The summed E-state index contributed by atoms with van der Waals surface area (Å²) in [7, 11) is 0. The van der Waals surface area contributed by atoms with Gasteiger partial charge in [-0.05, 0) is 18.4 Å². The molecule has 1 aromatic heterocycles. The van der Waals surface area contributed by atoms with Crippen molar-refractivity contribution in [2.75, 3.05) is 6.26 Å². The zero-order valence-electron chi connectivity index (χ0n) is 9.66. The lowest BCUT2D eigenvalue weighted by Crippen LogP contribution is -2.00. The molecular weight excluding hydrogens is 250 g/mol. The second-order valence-corrected chi connectivity index (χ2v) is 4.28. The molecule has 2 aromatic rings. The summed E-state index contributed by atoms with van der Waals surface area (Å²) in [6.45, 7) is 0. The van der Waals surface area contributed by atoms with Gasteiger partial charge in [0, 0.05) is 23.4 Å². The van der Waals surface area contributed by atoms with E-state index in [0.29, 0.717) is 11.5 Å². The molecule has 5 heteroatoms. The molecule has 2 rings (SSSR count). The van der Waals surface area contributed by atoms with E-state index in [4.69, 9.17) is 9.84 Å². The average molecular weight is 261 g/mol. The van der Waals surface area contributed by atoms with E-state index >= 15 is 0 Å². The molecule has 4 nitrogen and oxygen atoms in total. The van der Waals surface area contributed by atoms with Crippen LogP contribution in [0, 0.1) is 0 Å². The van der Waals surface area contributed by atoms with E-state index in [1.54, 1.807) is 23.9 Å². The van der Waals surface area contributed by atoms with Crippen molar-refractivity contribution in [2.45, 2.75) is 4.90 Å². The van der Waals surface area contributed by atoms with Crippen LogP contribution in [0.25, 0.3) is 0 Å². The average Bonchev–Trinajstić information content (AvgIpc) is 2.40. The number of aromatic nitrogens is 1. The number of nitrogens with zero attached hydrogens (tertiary/aromatic N) is 1. The highest BCUT2D eigenvalue weighted by Crippen LogP contribution is 2.32. The SMILES string of the molecule is CSc1ccccc1Oc1ccncc1C(=O)O. The van der Waals surface area contributed by atoms with E-state index < -0.39 is 5.97 Å². The molecule has 0 aliphatic heterocycles. The molecule has 0 atom stereocenters. The van der Waals surface area contributed by atoms with Crippen molar-refractivity contribution in [2.24, 2.45) is 0 Å². The Balaban J connectivity index is 2.37. The maximum absolute atomic E-state index is 11.0. The maximum atomic E-state index is 11.0. The van der Waals surface area contributed by atoms with Crippen LogP contribution in [0.1, 0.15) is 10.4 Å². The highest BCUT2D eigenvalue weighted by molar-refractivity contribution is 7.98. The normalized spacial score (nSPS) is 10.1. The van der Waals surface area contributed by atoms with Gasteiger partial charge in [-0.1, -0.05) is 12.1 Å². The number of para-hydroxylation sites is 1. The number of thioether (sulfide) groups is 1. The Morgan fingerprint density at radius 3 is 2.78 bits per heavy atom. The van der Waals surface area contributed by atoms with Crippen LogP contribution >= 0.6 is 11.8 Å². The lowest BCUT2D eigenvalue weighted by molar-refractivity contribution is 0.0693. The van der Waals surface area contributed by atoms with Crippen molar-refractivity contribution in [1.29, 1.82) is 0 Å². The fourth-order valence-corrected chi connectivity index (χ4v) is 1.98. The number of carboxylic acids is 1. The van der Waals surface area contributed by atoms with E-state index in [9.17, 15) is 4.79 Å². The standard InChI is InChI=1S/C13H11NO3S/c1-18-12-5-3-2-4-11(12)17-10-6-7-14-8-9(10)13(15)16/h2-8H,1H3,(H,15,16). The molecule has 1 N–H and O–H groups in total. The minimum Gasteiger partial charge on any atom is -0.477 e. The van der Waals surface area contributed by atoms with Crippen molar-refractivity contribution >= 4 is 17.7 Å². The van der Waals surface area contributed by atoms with Crippen molar-refractivity contribution in [1.82, 2.24) is 4.98 Å². The van der Waals surface area contributed by atoms with Crippen molar-refractivity contribution in [3.8, 4) is 11.5 Å². The van der Waals surface area contributed by atoms with Gasteiger partial charge in [0.2, 0.25) is 0 Å². The highest BCUT2D eigenvalue weighted by Gasteiger charge is 2.13. The van der Waals surface area contributed by atoms with Gasteiger partial charge >= 0.3 is 5.97 Å². The first-order valence-electron chi connectivity index (χ1n) is 5.20. The van der Waals surface area contributed by atoms with Crippen LogP contribution in [0.3, 0.4) is 0 Å². The Labute approximate surface area is 109 Å². The number of hydrogen-bond acceptors (Lipinski definition) is 4. The molecule has 0 bridgehead atoms. The van der Waals surface area contributed by atoms with Crippen LogP contribution in [0.15, 0.2) is 47.6 Å². The fourth-order valence-electron chi connectivity index (χ4n) is 1.45. The molecule has 92 valence electrons. The second-order valence-electron chi connectivity index (χ2n) is 3.43. The summed E-state index contributed by atoms with van der Waals surface area (Å²) in [6.07, 6.45) is 4.72. The van der Waals surface area contributed by atoms with Gasteiger partial charge in [-0.15, -0.1) is 11.8 Å². The first kappa shape index (κ1) is 12.4. The number of rotatable bonds is 4. The quantitative estimate of drug-likeness (QED) is 0.856. The third-order valence-corrected chi connectivity index (χ3v) is 3.08. The highest BCUT2D eigenvalue weighted by atomic mass is 32.2. The molecule has 1 aromatic carbocycles. The van der Waals surface area contributed by atoms with Gasteiger partial charge in [-0.2, -0.15) is 0 Å². The summed E-state index contributed by atoms with van der Waals surface area (Å²) in [6, 6.07) is 9.01. The minimum atomic E-state index is -1.06. The molecule has 0 unspecified atom stereocenters. The first-order valence-corrected chi connectivity index (χ1v) is 6.43. The number of benzene rings is 1. The van der Waals surface area contributed by atoms with Crippen molar-refractivity contribution < 1.29 is 14.6 Å². The predicted octanol–water partition coefficient (Wildman–Crippen LogP) is 3.29. The molecular formula is C13H11NO3S. The summed E-state index contributed by atoms with van der Waals surface area (Å²) in [4.78, 5) is 15.8. The predicted molar refractivity (Wildman–Crippen MR) is 69.5 cm³/mol. The first-order chi connectivity index (χ1) is 8.72. The lowest BCUT2D eigenvalue weighted by atomic mass is 10.2. The number of carboxylic acid groups (broad SMARTS) is 1. The van der Waals surface area contributed by atoms with E-state index in [-0.39, 0.29) is 5.56 Å².